The molecule has 1 aromatic heterocycles. The number of aromatic nitrogens is 2. The fourth-order valence-electron chi connectivity index (χ4n) is 7.17. The number of imidazole rings is 1. The van der Waals surface area contributed by atoms with E-state index in [4.69, 9.17) is 9.47 Å². The number of alkyl carbamates (subject to hydrolysis) is 1. The number of nitrogens with zero attached hydrogens (tertiary/aromatic N) is 4. The van der Waals surface area contributed by atoms with Gasteiger partial charge in [-0.05, 0) is 87.3 Å². The van der Waals surface area contributed by atoms with Gasteiger partial charge in [-0.1, -0.05) is 32.0 Å². The Bertz CT molecular complexity index is 1910. The standard InChI is InChI=1S/C39H46F2N6O5/c1-22(2)34(45-37(49)51-6)36(48)46-15-7-9-32(46)30-19-25(20-42-30)26-13-11-23(17-28(26)40)24-12-14-27(29(41)18-24)31-21-43-35(44-31)33-10-8-16-47(33)38(50)52-39(3,4)5/h11-14,17-18,20-22,32-34H,7-10,15-16,19H2,1-6H3,(H,43,44)(H,45,49)/t32-,33-,34-/m0/s1. The van der Waals surface area contributed by atoms with Crippen LogP contribution in [-0.2, 0) is 14.3 Å². The molecular formula is C39H46F2N6O5. The third kappa shape index (κ3) is 7.73. The number of hydrogen-bond acceptors (Lipinski definition) is 7. The van der Waals surface area contributed by atoms with Crippen LogP contribution in [-0.4, -0.2) is 81.5 Å². The summed E-state index contributed by atoms with van der Waals surface area (Å²) in [7, 11) is 1.26. The minimum Gasteiger partial charge on any atom is -0.453 e. The van der Waals surface area contributed by atoms with Gasteiger partial charge in [0.25, 0.3) is 0 Å². The first-order valence-corrected chi connectivity index (χ1v) is 17.8. The molecule has 13 heteroatoms. The number of halogens is 2. The van der Waals surface area contributed by atoms with E-state index >= 15 is 8.78 Å². The molecule has 4 heterocycles. The van der Waals surface area contributed by atoms with Crippen molar-refractivity contribution in [2.75, 3.05) is 20.2 Å². The molecular weight excluding hydrogens is 670 g/mol. The van der Waals surface area contributed by atoms with E-state index in [-0.39, 0.29) is 23.9 Å². The zero-order valence-corrected chi connectivity index (χ0v) is 30.5. The second-order valence-corrected chi connectivity index (χ2v) is 14.9. The summed E-state index contributed by atoms with van der Waals surface area (Å²) in [6, 6.07) is 8.26. The Balaban J connectivity index is 1.12. The van der Waals surface area contributed by atoms with Gasteiger partial charge < -0.3 is 24.7 Å². The lowest BCUT2D eigenvalue weighted by Crippen LogP contribution is -2.53. The van der Waals surface area contributed by atoms with Gasteiger partial charge in [-0.2, -0.15) is 0 Å². The highest BCUT2D eigenvalue weighted by Gasteiger charge is 2.39. The summed E-state index contributed by atoms with van der Waals surface area (Å²) >= 11 is 0. The highest BCUT2D eigenvalue weighted by Crippen LogP contribution is 2.36. The molecule has 3 amide bonds. The molecule has 0 saturated carbocycles. The number of H-pyrrole nitrogens is 1. The van der Waals surface area contributed by atoms with Crippen molar-refractivity contribution in [2.45, 2.75) is 90.4 Å². The van der Waals surface area contributed by atoms with Crippen molar-refractivity contribution in [2.24, 2.45) is 10.9 Å². The summed E-state index contributed by atoms with van der Waals surface area (Å²) < 4.78 is 41.5. The van der Waals surface area contributed by atoms with E-state index in [1.54, 1.807) is 46.5 Å². The van der Waals surface area contributed by atoms with Crippen LogP contribution < -0.4 is 5.32 Å². The molecule has 0 bridgehead atoms. The summed E-state index contributed by atoms with van der Waals surface area (Å²) in [4.78, 5) is 53.9. The smallest absolute Gasteiger partial charge is 0.410 e. The van der Waals surface area contributed by atoms with Gasteiger partial charge in [0.05, 0.1) is 31.1 Å². The first-order chi connectivity index (χ1) is 24.7. The Kier molecular flexibility index (Phi) is 10.5. The normalized spacial score (nSPS) is 19.5. The molecule has 0 radical (unpaired) electrons. The van der Waals surface area contributed by atoms with Crippen LogP contribution in [0, 0.1) is 17.6 Å². The number of aromatic amines is 1. The van der Waals surface area contributed by atoms with Gasteiger partial charge in [0, 0.05) is 42.5 Å². The molecule has 3 aromatic rings. The zero-order chi connectivity index (χ0) is 37.3. The lowest BCUT2D eigenvalue weighted by molar-refractivity contribution is -0.134. The van der Waals surface area contributed by atoms with E-state index in [1.165, 1.54) is 19.2 Å². The molecule has 3 aliphatic heterocycles. The number of amides is 3. The van der Waals surface area contributed by atoms with Gasteiger partial charge in [-0.25, -0.2) is 23.4 Å². The minimum atomic E-state index is -0.739. The largest absolute Gasteiger partial charge is 0.453 e. The van der Waals surface area contributed by atoms with Crippen LogP contribution in [0.1, 0.15) is 84.2 Å². The first-order valence-electron chi connectivity index (χ1n) is 17.8. The number of likely N-dealkylation sites (tertiary alicyclic amines) is 2. The number of methoxy groups -OCH3 is 1. The SMILES string of the molecule is COC(=O)N[C@H](C(=O)N1CCC[C@H]1C1=NC=C(c2ccc(-c3ccc(-c4cnc([C@@H]5CCCN5C(=O)OC(C)(C)C)[nH]4)c(F)c3)cc2F)C1)C(C)C. The number of carbonyl (C=O) groups excluding carboxylic acids is 3. The first kappa shape index (κ1) is 36.7. The molecule has 0 aliphatic carbocycles. The molecule has 0 unspecified atom stereocenters. The van der Waals surface area contributed by atoms with Crippen LogP contribution in [0.25, 0.3) is 28.0 Å². The third-order valence-corrected chi connectivity index (χ3v) is 9.77. The lowest BCUT2D eigenvalue weighted by atomic mass is 9.95. The molecule has 276 valence electrons. The van der Waals surface area contributed by atoms with Gasteiger partial charge in [0.2, 0.25) is 5.91 Å². The van der Waals surface area contributed by atoms with Crippen LogP contribution in [0.2, 0.25) is 0 Å². The van der Waals surface area contributed by atoms with Gasteiger partial charge in [-0.15, -0.1) is 0 Å². The van der Waals surface area contributed by atoms with Crippen molar-refractivity contribution < 1.29 is 32.6 Å². The molecule has 2 N–H and O–H groups in total. The number of nitrogens with one attached hydrogen (secondary N) is 2. The van der Waals surface area contributed by atoms with Gasteiger partial charge in [0.1, 0.15) is 29.1 Å². The molecule has 0 spiro atoms. The fourth-order valence-corrected chi connectivity index (χ4v) is 7.17. The van der Waals surface area contributed by atoms with E-state index in [1.807, 2.05) is 34.6 Å². The lowest BCUT2D eigenvalue weighted by Gasteiger charge is -2.31. The van der Waals surface area contributed by atoms with Crippen molar-refractivity contribution in [3.63, 3.8) is 0 Å². The van der Waals surface area contributed by atoms with E-state index in [0.717, 1.165) is 25.0 Å². The number of carbonyl (C=O) groups is 3. The van der Waals surface area contributed by atoms with Crippen LogP contribution in [0.15, 0.2) is 53.8 Å². The van der Waals surface area contributed by atoms with E-state index < -0.39 is 35.5 Å². The average Bonchev–Trinajstić information content (AvgIpc) is 3.92. The summed E-state index contributed by atoms with van der Waals surface area (Å²) in [5.74, 6) is -0.741. The third-order valence-electron chi connectivity index (χ3n) is 9.77. The maximum atomic E-state index is 15.7. The Morgan fingerprint density at radius 3 is 2.19 bits per heavy atom. The summed E-state index contributed by atoms with van der Waals surface area (Å²) in [5.41, 5.74) is 3.04. The van der Waals surface area contributed by atoms with Crippen molar-refractivity contribution in [3.8, 4) is 22.4 Å². The zero-order valence-electron chi connectivity index (χ0n) is 30.5. The molecule has 11 nitrogen and oxygen atoms in total. The number of ether oxygens (including phenoxy) is 2. The van der Waals surface area contributed by atoms with Gasteiger partial charge >= 0.3 is 12.2 Å². The van der Waals surface area contributed by atoms with E-state index in [0.29, 0.717) is 65.3 Å². The topological polar surface area (TPSA) is 129 Å². The number of allylic oxidation sites excluding steroid dienone is 1. The monoisotopic (exact) mass is 716 g/mol. The second-order valence-electron chi connectivity index (χ2n) is 14.9. The number of rotatable bonds is 8. The van der Waals surface area contributed by atoms with Crippen LogP contribution >= 0.6 is 0 Å². The van der Waals surface area contributed by atoms with Crippen molar-refractivity contribution in [3.05, 3.63) is 71.8 Å². The maximum Gasteiger partial charge on any atom is 0.410 e. The summed E-state index contributed by atoms with van der Waals surface area (Å²) in [6.45, 7) is 10.3. The van der Waals surface area contributed by atoms with Crippen LogP contribution in [0.3, 0.4) is 0 Å². The molecule has 2 aromatic carbocycles. The predicted octanol–water partition coefficient (Wildman–Crippen LogP) is 7.65. The molecule has 52 heavy (non-hydrogen) atoms. The Morgan fingerprint density at radius 2 is 1.58 bits per heavy atom. The van der Waals surface area contributed by atoms with Gasteiger partial charge in [-0.3, -0.25) is 14.7 Å². The van der Waals surface area contributed by atoms with Crippen molar-refractivity contribution in [1.29, 1.82) is 0 Å². The Labute approximate surface area is 302 Å². The highest BCUT2D eigenvalue weighted by molar-refractivity contribution is 6.04. The Morgan fingerprint density at radius 1 is 0.942 bits per heavy atom. The molecule has 3 aliphatic rings. The van der Waals surface area contributed by atoms with Crippen molar-refractivity contribution in [1.82, 2.24) is 25.1 Å². The maximum absolute atomic E-state index is 15.7. The Hall–Kier alpha value is -5.07. The van der Waals surface area contributed by atoms with Crippen LogP contribution in [0.5, 0.6) is 0 Å². The number of aliphatic imine (C=N–C) groups is 1. The van der Waals surface area contributed by atoms with Crippen LogP contribution in [0.4, 0.5) is 18.4 Å². The molecule has 2 fully saturated rings. The average molecular weight is 717 g/mol. The van der Waals surface area contributed by atoms with E-state index in [2.05, 4.69) is 20.3 Å². The quantitative estimate of drug-likeness (QED) is 0.247. The van der Waals surface area contributed by atoms with Crippen molar-refractivity contribution >= 4 is 29.4 Å². The molecule has 6 rings (SSSR count). The molecule has 2 saturated heterocycles. The predicted molar refractivity (Wildman–Crippen MR) is 193 cm³/mol. The van der Waals surface area contributed by atoms with Gasteiger partial charge in [0.15, 0.2) is 0 Å². The second kappa shape index (κ2) is 14.9. The van der Waals surface area contributed by atoms with E-state index in [9.17, 15) is 14.4 Å². The summed E-state index contributed by atoms with van der Waals surface area (Å²) in [6.07, 6.45) is 5.55. The summed E-state index contributed by atoms with van der Waals surface area (Å²) in [5, 5.41) is 2.65. The fraction of sp³-hybridized carbons (Fsp3) is 0.462. The highest BCUT2D eigenvalue weighted by atomic mass is 19.1. The minimum absolute atomic E-state index is 0.150. The number of benzene rings is 2. The number of hydrogen-bond donors (Lipinski definition) is 2. The molecule has 3 atom stereocenters.